The second-order valence-electron chi connectivity index (χ2n) is 5.87. The van der Waals surface area contributed by atoms with Gasteiger partial charge in [0.15, 0.2) is 6.04 Å². The number of anilines is 1. The molecule has 1 aliphatic heterocycles. The zero-order chi connectivity index (χ0) is 19.2. The van der Waals surface area contributed by atoms with Crippen LogP contribution >= 0.6 is 24.0 Å². The van der Waals surface area contributed by atoms with Crippen molar-refractivity contribution < 1.29 is 14.3 Å². The summed E-state index contributed by atoms with van der Waals surface area (Å²) in [5.74, 6) is 0.947. The Morgan fingerprint density at radius 1 is 1.41 bits per heavy atom. The van der Waals surface area contributed by atoms with Gasteiger partial charge in [0.1, 0.15) is 22.4 Å². The van der Waals surface area contributed by atoms with Crippen LogP contribution in [0.5, 0.6) is 5.75 Å². The molecule has 2 heterocycles. The number of thiocarbonyl (C=S) groups is 1. The fourth-order valence-corrected chi connectivity index (χ4v) is 3.68. The monoisotopic (exact) mass is 401 g/mol. The highest BCUT2D eigenvalue weighted by atomic mass is 32.2. The van der Waals surface area contributed by atoms with Crippen LogP contribution < -0.4 is 10.1 Å². The molecule has 1 atom stereocenters. The molecule has 0 aliphatic carbocycles. The molecule has 1 unspecified atom stereocenters. The molecule has 0 bridgehead atoms. The number of benzene rings is 1. The maximum atomic E-state index is 12.2. The number of carbonyl (C=O) groups is 1. The molecular weight excluding hydrogens is 382 g/mol. The number of hydrogen-bond acceptors (Lipinski definition) is 7. The first-order valence-electron chi connectivity index (χ1n) is 8.29. The average Bonchev–Trinajstić information content (AvgIpc) is 3.19. The first kappa shape index (κ1) is 19.3. The Kier molecular flexibility index (Phi) is 6.41. The summed E-state index contributed by atoms with van der Waals surface area (Å²) >= 11 is 6.89. The summed E-state index contributed by atoms with van der Waals surface area (Å²) in [5, 5.41) is 3.83. The van der Waals surface area contributed by atoms with E-state index < -0.39 is 6.04 Å². The number of nitrogens with one attached hydrogen (secondary N) is 1. The molecule has 1 N–H and O–H groups in total. The van der Waals surface area contributed by atoms with Gasteiger partial charge >= 0.3 is 5.97 Å². The molecule has 140 valence electrons. The van der Waals surface area contributed by atoms with Crippen LogP contribution in [0.3, 0.4) is 0 Å². The highest BCUT2D eigenvalue weighted by Gasteiger charge is 2.28. The van der Waals surface area contributed by atoms with Crippen molar-refractivity contribution in [2.24, 2.45) is 4.99 Å². The third kappa shape index (κ3) is 5.05. The summed E-state index contributed by atoms with van der Waals surface area (Å²) in [6.45, 7) is 2.15. The number of aryl methyl sites for hydroxylation is 1. The number of nitrogens with zero attached hydrogens (tertiary/aromatic N) is 2. The summed E-state index contributed by atoms with van der Waals surface area (Å²) in [4.78, 5) is 21.1. The second-order valence-corrected chi connectivity index (χ2v) is 7.28. The van der Waals surface area contributed by atoms with Crippen molar-refractivity contribution in [2.45, 2.75) is 19.6 Å². The van der Waals surface area contributed by atoms with E-state index >= 15 is 0 Å². The summed E-state index contributed by atoms with van der Waals surface area (Å²) in [5.41, 5.74) is 2.73. The largest absolute Gasteiger partial charge is 0.497 e. The van der Waals surface area contributed by atoms with Crippen molar-refractivity contribution in [1.82, 2.24) is 4.98 Å². The normalized spacial score (nSPS) is 15.8. The Balaban J connectivity index is 1.57. The van der Waals surface area contributed by atoms with E-state index in [9.17, 15) is 4.79 Å². The topological polar surface area (TPSA) is 72.8 Å². The number of rotatable bonds is 6. The lowest BCUT2D eigenvalue weighted by molar-refractivity contribution is -0.145. The number of carbonyl (C=O) groups excluding carboxylic acids is 1. The first-order valence-corrected chi connectivity index (χ1v) is 9.68. The minimum Gasteiger partial charge on any atom is -0.497 e. The summed E-state index contributed by atoms with van der Waals surface area (Å²) in [7, 11) is 1.63. The molecule has 0 fully saturated rings. The maximum Gasteiger partial charge on any atom is 0.332 e. The third-order valence-electron chi connectivity index (χ3n) is 3.90. The molecule has 0 saturated carbocycles. The molecule has 3 rings (SSSR count). The predicted octanol–water partition coefficient (Wildman–Crippen LogP) is 3.40. The van der Waals surface area contributed by atoms with Crippen molar-refractivity contribution in [3.05, 3.63) is 53.9 Å². The van der Waals surface area contributed by atoms with Gasteiger partial charge in [-0.15, -0.1) is 11.8 Å². The van der Waals surface area contributed by atoms with Crippen molar-refractivity contribution in [3.63, 3.8) is 0 Å². The van der Waals surface area contributed by atoms with Crippen LogP contribution in [-0.4, -0.2) is 39.9 Å². The summed E-state index contributed by atoms with van der Waals surface area (Å²) in [6, 6.07) is 8.80. The lowest BCUT2D eigenvalue weighted by Gasteiger charge is -2.11. The second kappa shape index (κ2) is 8.96. The Morgan fingerprint density at radius 2 is 2.26 bits per heavy atom. The van der Waals surface area contributed by atoms with Gasteiger partial charge in [-0.3, -0.25) is 9.98 Å². The number of aromatic nitrogens is 1. The van der Waals surface area contributed by atoms with Crippen LogP contribution in [0.4, 0.5) is 5.69 Å². The van der Waals surface area contributed by atoms with Crippen LogP contribution in [0.15, 0.2) is 47.7 Å². The van der Waals surface area contributed by atoms with Crippen LogP contribution in [0.1, 0.15) is 11.1 Å². The molecule has 1 aliphatic rings. The van der Waals surface area contributed by atoms with E-state index in [4.69, 9.17) is 21.7 Å². The highest BCUT2D eigenvalue weighted by molar-refractivity contribution is 8.17. The van der Waals surface area contributed by atoms with Gasteiger partial charge in [-0.25, -0.2) is 4.79 Å². The molecule has 0 saturated heterocycles. The van der Waals surface area contributed by atoms with Gasteiger partial charge in [0.25, 0.3) is 0 Å². The zero-order valence-corrected chi connectivity index (χ0v) is 16.6. The standard InChI is InChI=1S/C19H19N3O3S2/c1-12-8-14(24-2)5-6-15(12)21-17(26)18-22-16(11-27-18)19(23)25-10-13-4-3-7-20-9-13/h3-9,16H,10-11H2,1-2H3,(H,21,26). The third-order valence-corrected chi connectivity index (χ3v) is 5.39. The van der Waals surface area contributed by atoms with Crippen LogP contribution in [-0.2, 0) is 16.1 Å². The lowest BCUT2D eigenvalue weighted by Crippen LogP contribution is -2.22. The van der Waals surface area contributed by atoms with E-state index in [-0.39, 0.29) is 12.6 Å². The Labute approximate surface area is 167 Å². The van der Waals surface area contributed by atoms with Gasteiger partial charge < -0.3 is 14.8 Å². The fraction of sp³-hybridized carbons (Fsp3) is 0.263. The summed E-state index contributed by atoms with van der Waals surface area (Å²) in [6.07, 6.45) is 3.34. The van der Waals surface area contributed by atoms with Crippen LogP contribution in [0.2, 0.25) is 0 Å². The maximum absolute atomic E-state index is 12.2. The number of methoxy groups -OCH3 is 1. The molecule has 6 nitrogen and oxygen atoms in total. The van der Waals surface area contributed by atoms with Crippen molar-refractivity contribution >= 4 is 45.7 Å². The van der Waals surface area contributed by atoms with Gasteiger partial charge in [-0.2, -0.15) is 0 Å². The molecule has 0 radical (unpaired) electrons. The van der Waals surface area contributed by atoms with Gasteiger partial charge in [-0.05, 0) is 36.8 Å². The molecule has 0 amide bonds. The quantitative estimate of drug-likeness (QED) is 0.587. The molecule has 0 spiro atoms. The molecule has 1 aromatic heterocycles. The molecule has 1 aromatic carbocycles. The van der Waals surface area contributed by atoms with Gasteiger partial charge in [0.2, 0.25) is 0 Å². The Morgan fingerprint density at radius 3 is 2.96 bits per heavy atom. The predicted molar refractivity (Wildman–Crippen MR) is 112 cm³/mol. The first-order chi connectivity index (χ1) is 13.1. The number of esters is 1. The number of thioether (sulfide) groups is 1. The van der Waals surface area contributed by atoms with Gasteiger partial charge in [0.05, 0.1) is 7.11 Å². The van der Waals surface area contributed by atoms with E-state index in [1.165, 1.54) is 11.8 Å². The van der Waals surface area contributed by atoms with Crippen LogP contribution in [0, 0.1) is 6.92 Å². The van der Waals surface area contributed by atoms with Crippen molar-refractivity contribution in [1.29, 1.82) is 0 Å². The number of pyridine rings is 1. The van der Waals surface area contributed by atoms with E-state index in [0.717, 1.165) is 22.6 Å². The number of aliphatic imine (C=N–C) groups is 1. The lowest BCUT2D eigenvalue weighted by atomic mass is 10.2. The van der Waals surface area contributed by atoms with E-state index in [1.54, 1.807) is 25.6 Å². The van der Waals surface area contributed by atoms with Crippen molar-refractivity contribution in [3.8, 4) is 5.75 Å². The minimum atomic E-state index is -0.543. The molecular formula is C19H19N3O3S2. The highest BCUT2D eigenvalue weighted by Crippen LogP contribution is 2.24. The van der Waals surface area contributed by atoms with Gasteiger partial charge in [0, 0.05) is 29.4 Å². The Hall–Kier alpha value is -2.45. The zero-order valence-electron chi connectivity index (χ0n) is 15.0. The SMILES string of the molecule is COc1ccc(NC(=S)C2=NC(C(=O)OCc3cccnc3)CS2)c(C)c1. The smallest absolute Gasteiger partial charge is 0.332 e. The van der Waals surface area contributed by atoms with Gasteiger partial charge in [-0.1, -0.05) is 18.3 Å². The fourth-order valence-electron chi connectivity index (χ4n) is 2.43. The number of ether oxygens (including phenoxy) is 2. The Bertz CT molecular complexity index is 872. The van der Waals surface area contributed by atoms with E-state index in [0.29, 0.717) is 15.8 Å². The van der Waals surface area contributed by atoms with Crippen LogP contribution in [0.25, 0.3) is 0 Å². The number of hydrogen-bond donors (Lipinski definition) is 1. The van der Waals surface area contributed by atoms with E-state index in [2.05, 4.69) is 15.3 Å². The molecule has 27 heavy (non-hydrogen) atoms. The summed E-state index contributed by atoms with van der Waals surface area (Å²) < 4.78 is 10.5. The molecule has 2 aromatic rings. The van der Waals surface area contributed by atoms with Crippen molar-refractivity contribution in [2.75, 3.05) is 18.2 Å². The minimum absolute atomic E-state index is 0.187. The molecule has 8 heteroatoms. The van der Waals surface area contributed by atoms with E-state index in [1.807, 2.05) is 31.2 Å². The average molecular weight is 402 g/mol.